The fraction of sp³-hybridized carbons (Fsp3) is 0.214. The van der Waals surface area contributed by atoms with Gasteiger partial charge in [0.1, 0.15) is 6.10 Å². The molecule has 0 N–H and O–H groups in total. The van der Waals surface area contributed by atoms with Crippen LogP contribution in [0.1, 0.15) is 25.0 Å². The van der Waals surface area contributed by atoms with Gasteiger partial charge in [-0.15, -0.1) is 0 Å². The van der Waals surface area contributed by atoms with E-state index in [1.165, 1.54) is 10.8 Å². The Labute approximate surface area is 94.8 Å². The van der Waals surface area contributed by atoms with Gasteiger partial charge in [-0.3, -0.25) is 4.79 Å². The van der Waals surface area contributed by atoms with Crippen molar-refractivity contribution in [2.75, 3.05) is 0 Å². The van der Waals surface area contributed by atoms with Gasteiger partial charge in [0.2, 0.25) is 0 Å². The van der Waals surface area contributed by atoms with Crippen LogP contribution in [0.4, 0.5) is 0 Å². The van der Waals surface area contributed by atoms with Crippen LogP contribution in [0, 0.1) is 0 Å². The van der Waals surface area contributed by atoms with Crippen molar-refractivity contribution in [1.82, 2.24) is 0 Å². The summed E-state index contributed by atoms with van der Waals surface area (Å²) < 4.78 is 5.05. The molecule has 0 radical (unpaired) electrons. The van der Waals surface area contributed by atoms with Crippen molar-refractivity contribution < 1.29 is 9.53 Å². The van der Waals surface area contributed by atoms with Gasteiger partial charge in [0.15, 0.2) is 0 Å². The smallest absolute Gasteiger partial charge is 0.293 e. The van der Waals surface area contributed by atoms with Gasteiger partial charge >= 0.3 is 0 Å². The predicted octanol–water partition coefficient (Wildman–Crippen LogP) is 3.46. The molecule has 0 amide bonds. The van der Waals surface area contributed by atoms with Crippen molar-refractivity contribution in [3.05, 3.63) is 48.0 Å². The number of hydrogen-bond acceptors (Lipinski definition) is 2. The first-order valence-corrected chi connectivity index (χ1v) is 5.43. The maximum atomic E-state index is 10.4. The summed E-state index contributed by atoms with van der Waals surface area (Å²) in [7, 11) is 0. The molecule has 2 rings (SSSR count). The molecule has 2 nitrogen and oxygen atoms in total. The second-order valence-electron chi connectivity index (χ2n) is 3.74. The Morgan fingerprint density at radius 2 is 1.94 bits per heavy atom. The minimum Gasteiger partial charge on any atom is -0.460 e. The first kappa shape index (κ1) is 10.7. The summed E-state index contributed by atoms with van der Waals surface area (Å²) in [5.74, 6) is 0. The third-order valence-corrected chi connectivity index (χ3v) is 2.74. The quantitative estimate of drug-likeness (QED) is 0.728. The highest BCUT2D eigenvalue weighted by Crippen LogP contribution is 2.24. The van der Waals surface area contributed by atoms with Crippen LogP contribution < -0.4 is 0 Å². The Morgan fingerprint density at radius 3 is 2.62 bits per heavy atom. The molecule has 82 valence electrons. The Hall–Kier alpha value is -1.83. The molecule has 0 aliphatic carbocycles. The molecule has 0 fully saturated rings. The number of benzene rings is 2. The first-order valence-electron chi connectivity index (χ1n) is 5.43. The predicted molar refractivity (Wildman–Crippen MR) is 64.1 cm³/mol. The average molecular weight is 214 g/mol. The van der Waals surface area contributed by atoms with Crippen LogP contribution >= 0.6 is 0 Å². The molecule has 0 saturated carbocycles. The molecule has 1 unspecified atom stereocenters. The third kappa shape index (κ3) is 2.06. The summed E-state index contributed by atoms with van der Waals surface area (Å²) >= 11 is 0. The van der Waals surface area contributed by atoms with Crippen LogP contribution in [-0.4, -0.2) is 6.47 Å². The van der Waals surface area contributed by atoms with Crippen molar-refractivity contribution in [3.63, 3.8) is 0 Å². The lowest BCUT2D eigenvalue weighted by atomic mass is 10.0. The number of carbonyl (C=O) groups excluding carboxylic acids is 1. The maximum Gasteiger partial charge on any atom is 0.293 e. The molecule has 0 heterocycles. The van der Waals surface area contributed by atoms with Crippen molar-refractivity contribution >= 4 is 17.2 Å². The Bertz CT molecular complexity index is 491. The van der Waals surface area contributed by atoms with E-state index in [0.29, 0.717) is 6.47 Å². The number of fused-ring (bicyclic) bond motifs is 1. The second kappa shape index (κ2) is 4.79. The molecule has 1 atom stereocenters. The molecule has 2 heteroatoms. The monoisotopic (exact) mass is 214 g/mol. The summed E-state index contributed by atoms with van der Waals surface area (Å²) in [5.41, 5.74) is 1.05. The molecule has 0 aliphatic heterocycles. The van der Waals surface area contributed by atoms with Crippen molar-refractivity contribution in [2.45, 2.75) is 19.4 Å². The van der Waals surface area contributed by atoms with Crippen LogP contribution in [0.25, 0.3) is 10.8 Å². The molecule has 0 bridgehead atoms. The zero-order chi connectivity index (χ0) is 11.4. The molecule has 0 saturated heterocycles. The molecule has 2 aromatic rings. The number of rotatable bonds is 4. The van der Waals surface area contributed by atoms with E-state index in [9.17, 15) is 4.79 Å². The summed E-state index contributed by atoms with van der Waals surface area (Å²) in [6, 6.07) is 14.3. The van der Waals surface area contributed by atoms with Gasteiger partial charge in [0.05, 0.1) is 0 Å². The molecule has 0 aromatic heterocycles. The third-order valence-electron chi connectivity index (χ3n) is 2.74. The van der Waals surface area contributed by atoms with Crippen molar-refractivity contribution in [1.29, 1.82) is 0 Å². The van der Waals surface area contributed by atoms with Crippen LogP contribution in [0.15, 0.2) is 42.5 Å². The molecular formula is C14H14O2. The fourth-order valence-corrected chi connectivity index (χ4v) is 1.89. The van der Waals surface area contributed by atoms with E-state index >= 15 is 0 Å². The van der Waals surface area contributed by atoms with Gasteiger partial charge in [-0.05, 0) is 28.8 Å². The summed E-state index contributed by atoms with van der Waals surface area (Å²) in [6.45, 7) is 2.52. The minimum atomic E-state index is -0.137. The maximum absolute atomic E-state index is 10.4. The standard InChI is InChI=1S/C14H14O2/c1-2-14(16-10-15)13-8-7-11-5-3-4-6-12(11)9-13/h3-10,14H,2H2,1H3. The van der Waals surface area contributed by atoms with Crippen LogP contribution in [0.2, 0.25) is 0 Å². The summed E-state index contributed by atoms with van der Waals surface area (Å²) in [6.07, 6.45) is 0.652. The summed E-state index contributed by atoms with van der Waals surface area (Å²) in [4.78, 5) is 10.4. The van der Waals surface area contributed by atoms with E-state index in [1.54, 1.807) is 0 Å². The highest BCUT2D eigenvalue weighted by Gasteiger charge is 2.09. The molecule has 0 aliphatic rings. The SMILES string of the molecule is CCC(OC=O)c1ccc2ccccc2c1. The molecule has 2 aromatic carbocycles. The van der Waals surface area contributed by atoms with E-state index in [-0.39, 0.29) is 6.10 Å². The van der Waals surface area contributed by atoms with Gasteiger partial charge in [-0.1, -0.05) is 43.3 Å². The van der Waals surface area contributed by atoms with Gasteiger partial charge in [0.25, 0.3) is 6.47 Å². The molecule has 0 spiro atoms. The van der Waals surface area contributed by atoms with Crippen LogP contribution in [-0.2, 0) is 9.53 Å². The number of hydrogen-bond donors (Lipinski definition) is 0. The van der Waals surface area contributed by atoms with E-state index < -0.39 is 0 Å². The van der Waals surface area contributed by atoms with Gasteiger partial charge in [-0.25, -0.2) is 0 Å². The zero-order valence-corrected chi connectivity index (χ0v) is 9.22. The number of ether oxygens (including phenoxy) is 1. The zero-order valence-electron chi connectivity index (χ0n) is 9.22. The Kier molecular flexibility index (Phi) is 3.20. The van der Waals surface area contributed by atoms with Crippen LogP contribution in [0.5, 0.6) is 0 Å². The van der Waals surface area contributed by atoms with E-state index in [0.717, 1.165) is 12.0 Å². The van der Waals surface area contributed by atoms with Gasteiger partial charge in [-0.2, -0.15) is 0 Å². The fourth-order valence-electron chi connectivity index (χ4n) is 1.89. The van der Waals surface area contributed by atoms with Crippen molar-refractivity contribution in [3.8, 4) is 0 Å². The second-order valence-corrected chi connectivity index (χ2v) is 3.74. The van der Waals surface area contributed by atoms with Crippen molar-refractivity contribution in [2.24, 2.45) is 0 Å². The van der Waals surface area contributed by atoms with E-state index in [1.807, 2.05) is 25.1 Å². The molecular weight excluding hydrogens is 200 g/mol. The normalized spacial score (nSPS) is 12.3. The highest BCUT2D eigenvalue weighted by molar-refractivity contribution is 5.83. The minimum absolute atomic E-state index is 0.137. The lowest BCUT2D eigenvalue weighted by Crippen LogP contribution is -2.01. The summed E-state index contributed by atoms with van der Waals surface area (Å²) in [5, 5.41) is 2.38. The first-order chi connectivity index (χ1) is 7.85. The Morgan fingerprint density at radius 1 is 1.19 bits per heavy atom. The van der Waals surface area contributed by atoms with Gasteiger partial charge < -0.3 is 4.74 Å². The number of carbonyl (C=O) groups is 1. The lowest BCUT2D eigenvalue weighted by molar-refractivity contribution is -0.134. The lowest BCUT2D eigenvalue weighted by Gasteiger charge is -2.13. The topological polar surface area (TPSA) is 26.3 Å². The van der Waals surface area contributed by atoms with Crippen LogP contribution in [0.3, 0.4) is 0 Å². The molecule has 16 heavy (non-hydrogen) atoms. The highest BCUT2D eigenvalue weighted by atomic mass is 16.5. The largest absolute Gasteiger partial charge is 0.460 e. The van der Waals surface area contributed by atoms with Gasteiger partial charge in [0, 0.05) is 0 Å². The van der Waals surface area contributed by atoms with E-state index in [4.69, 9.17) is 4.74 Å². The Balaban J connectivity index is 2.41. The average Bonchev–Trinajstić information content (AvgIpc) is 2.35. The van der Waals surface area contributed by atoms with E-state index in [2.05, 4.69) is 24.3 Å².